The molecule has 0 bridgehead atoms. The maximum absolute atomic E-state index is 6.68. The summed E-state index contributed by atoms with van der Waals surface area (Å²) < 4.78 is 0. The van der Waals surface area contributed by atoms with E-state index in [2.05, 4.69) is 45.0 Å². The first-order valence-corrected chi connectivity index (χ1v) is 6.94. The van der Waals surface area contributed by atoms with Crippen molar-refractivity contribution in [1.29, 1.82) is 0 Å². The number of rotatable bonds is 2. The highest BCUT2D eigenvalue weighted by molar-refractivity contribution is 5.29. The normalized spacial score (nSPS) is 33.6. The third kappa shape index (κ3) is 2.40. The lowest BCUT2D eigenvalue weighted by Crippen LogP contribution is -2.46. The van der Waals surface area contributed by atoms with Crippen LogP contribution in [0.25, 0.3) is 0 Å². The molecule has 3 atom stereocenters. The van der Waals surface area contributed by atoms with Crippen molar-refractivity contribution in [1.82, 2.24) is 0 Å². The van der Waals surface area contributed by atoms with Gasteiger partial charge in [-0.05, 0) is 48.6 Å². The first-order valence-electron chi connectivity index (χ1n) is 6.94. The monoisotopic (exact) mass is 231 g/mol. The van der Waals surface area contributed by atoms with Crippen LogP contribution >= 0.6 is 0 Å². The summed E-state index contributed by atoms with van der Waals surface area (Å²) in [7, 11) is 0. The molecule has 3 unspecified atom stereocenters. The molecule has 1 saturated carbocycles. The highest BCUT2D eigenvalue weighted by Crippen LogP contribution is 2.41. The molecule has 94 valence electrons. The molecule has 0 saturated heterocycles. The molecule has 0 aromatic heterocycles. The molecule has 0 spiro atoms. The molecule has 2 rings (SSSR count). The van der Waals surface area contributed by atoms with Gasteiger partial charge < -0.3 is 5.73 Å². The van der Waals surface area contributed by atoms with Crippen molar-refractivity contribution in [3.63, 3.8) is 0 Å². The Morgan fingerprint density at radius 3 is 2.41 bits per heavy atom. The number of hydrogen-bond donors (Lipinski definition) is 1. The van der Waals surface area contributed by atoms with Crippen molar-refractivity contribution in [3.8, 4) is 0 Å². The van der Waals surface area contributed by atoms with E-state index in [0.717, 1.165) is 18.8 Å². The van der Waals surface area contributed by atoms with Crippen LogP contribution in [0.1, 0.15) is 51.2 Å². The van der Waals surface area contributed by atoms with Gasteiger partial charge in [-0.25, -0.2) is 0 Å². The summed E-state index contributed by atoms with van der Waals surface area (Å²) in [5.41, 5.74) is 9.30. The zero-order valence-corrected chi connectivity index (χ0v) is 11.4. The minimum atomic E-state index is -0.0984. The number of benzene rings is 1. The largest absolute Gasteiger partial charge is 0.321 e. The molecule has 1 aromatic carbocycles. The molecule has 1 heteroatoms. The van der Waals surface area contributed by atoms with Crippen LogP contribution in [0.15, 0.2) is 24.3 Å². The highest BCUT2D eigenvalue weighted by atomic mass is 14.8. The van der Waals surface area contributed by atoms with Crippen LogP contribution in [-0.4, -0.2) is 0 Å². The van der Waals surface area contributed by atoms with Crippen LogP contribution in [0, 0.1) is 11.8 Å². The van der Waals surface area contributed by atoms with E-state index in [1.165, 1.54) is 24.0 Å². The van der Waals surface area contributed by atoms with Crippen molar-refractivity contribution >= 4 is 0 Å². The summed E-state index contributed by atoms with van der Waals surface area (Å²) in [5.74, 6) is 1.41. The van der Waals surface area contributed by atoms with Gasteiger partial charge in [0.05, 0.1) is 0 Å². The zero-order chi connectivity index (χ0) is 12.5. The van der Waals surface area contributed by atoms with Gasteiger partial charge in [-0.3, -0.25) is 0 Å². The van der Waals surface area contributed by atoms with Gasteiger partial charge in [-0.1, -0.05) is 45.0 Å². The SMILES string of the molecule is CCc1ccc(C2(N)CCC(C)CC2C)cc1. The summed E-state index contributed by atoms with van der Waals surface area (Å²) in [6.45, 7) is 6.85. The van der Waals surface area contributed by atoms with Crippen molar-refractivity contribution in [2.24, 2.45) is 17.6 Å². The maximum Gasteiger partial charge on any atom is 0.0435 e. The van der Waals surface area contributed by atoms with E-state index < -0.39 is 0 Å². The molecule has 2 N–H and O–H groups in total. The van der Waals surface area contributed by atoms with Crippen LogP contribution in [0.4, 0.5) is 0 Å². The molecular formula is C16H25N. The van der Waals surface area contributed by atoms with Gasteiger partial charge in [-0.15, -0.1) is 0 Å². The van der Waals surface area contributed by atoms with E-state index in [-0.39, 0.29) is 5.54 Å². The molecule has 1 nitrogen and oxygen atoms in total. The summed E-state index contributed by atoms with van der Waals surface area (Å²) in [4.78, 5) is 0. The second kappa shape index (κ2) is 4.81. The van der Waals surface area contributed by atoms with Crippen LogP contribution in [0.2, 0.25) is 0 Å². The van der Waals surface area contributed by atoms with Crippen molar-refractivity contribution in [2.45, 2.75) is 52.0 Å². The van der Waals surface area contributed by atoms with Crippen molar-refractivity contribution < 1.29 is 0 Å². The molecule has 1 fully saturated rings. The predicted octanol–water partition coefficient (Wildman–Crippen LogP) is 3.86. The second-order valence-corrected chi connectivity index (χ2v) is 5.87. The standard InChI is InChI=1S/C16H25N/c1-4-14-5-7-15(8-6-14)16(17)10-9-12(2)11-13(16)3/h5-8,12-13H,4,9-11,17H2,1-3H3. The Labute approximate surface area is 105 Å². The van der Waals surface area contributed by atoms with E-state index in [0.29, 0.717) is 5.92 Å². The van der Waals surface area contributed by atoms with Gasteiger partial charge in [-0.2, -0.15) is 0 Å². The zero-order valence-electron chi connectivity index (χ0n) is 11.4. The Hall–Kier alpha value is -0.820. The molecule has 0 radical (unpaired) electrons. The van der Waals surface area contributed by atoms with E-state index in [4.69, 9.17) is 5.73 Å². The lowest BCUT2D eigenvalue weighted by Gasteiger charge is -2.42. The Kier molecular flexibility index (Phi) is 3.58. The van der Waals surface area contributed by atoms with Crippen molar-refractivity contribution in [2.75, 3.05) is 0 Å². The molecule has 0 aliphatic heterocycles. The van der Waals surface area contributed by atoms with Crippen molar-refractivity contribution in [3.05, 3.63) is 35.4 Å². The van der Waals surface area contributed by atoms with Crippen LogP contribution < -0.4 is 5.73 Å². The minimum absolute atomic E-state index is 0.0984. The van der Waals surface area contributed by atoms with Gasteiger partial charge in [0.15, 0.2) is 0 Å². The van der Waals surface area contributed by atoms with Gasteiger partial charge in [0, 0.05) is 5.54 Å². The topological polar surface area (TPSA) is 26.0 Å². The van der Waals surface area contributed by atoms with Crippen LogP contribution in [0.5, 0.6) is 0 Å². The second-order valence-electron chi connectivity index (χ2n) is 5.87. The van der Waals surface area contributed by atoms with Gasteiger partial charge in [0.1, 0.15) is 0 Å². The predicted molar refractivity (Wildman–Crippen MR) is 73.9 cm³/mol. The lowest BCUT2D eigenvalue weighted by molar-refractivity contribution is 0.164. The van der Waals surface area contributed by atoms with Crippen LogP contribution in [-0.2, 0) is 12.0 Å². The van der Waals surface area contributed by atoms with E-state index in [9.17, 15) is 0 Å². The van der Waals surface area contributed by atoms with Gasteiger partial charge in [0.2, 0.25) is 0 Å². The third-order valence-electron chi connectivity index (χ3n) is 4.59. The fourth-order valence-corrected chi connectivity index (χ4v) is 3.14. The Balaban J connectivity index is 2.24. The Morgan fingerprint density at radius 2 is 1.88 bits per heavy atom. The summed E-state index contributed by atoms with van der Waals surface area (Å²) in [6, 6.07) is 8.94. The first kappa shape index (κ1) is 12.6. The quantitative estimate of drug-likeness (QED) is 0.821. The summed E-state index contributed by atoms with van der Waals surface area (Å²) in [6.07, 6.45) is 4.74. The third-order valence-corrected chi connectivity index (χ3v) is 4.59. The van der Waals surface area contributed by atoms with E-state index in [1.807, 2.05) is 0 Å². The first-order chi connectivity index (χ1) is 8.06. The Morgan fingerprint density at radius 1 is 1.24 bits per heavy atom. The average Bonchev–Trinajstić information content (AvgIpc) is 2.34. The Bertz CT molecular complexity index is 368. The fraction of sp³-hybridized carbons (Fsp3) is 0.625. The van der Waals surface area contributed by atoms with E-state index >= 15 is 0 Å². The molecule has 17 heavy (non-hydrogen) atoms. The summed E-state index contributed by atoms with van der Waals surface area (Å²) in [5, 5.41) is 0. The minimum Gasteiger partial charge on any atom is -0.321 e. The molecular weight excluding hydrogens is 206 g/mol. The van der Waals surface area contributed by atoms with Gasteiger partial charge in [0.25, 0.3) is 0 Å². The lowest BCUT2D eigenvalue weighted by atomic mass is 9.67. The molecule has 0 amide bonds. The summed E-state index contributed by atoms with van der Waals surface area (Å²) >= 11 is 0. The highest BCUT2D eigenvalue weighted by Gasteiger charge is 2.37. The average molecular weight is 231 g/mol. The number of aryl methyl sites for hydroxylation is 1. The molecule has 0 heterocycles. The van der Waals surface area contributed by atoms with Crippen LogP contribution in [0.3, 0.4) is 0 Å². The molecule has 1 aliphatic carbocycles. The molecule has 1 aliphatic rings. The number of nitrogens with two attached hydrogens (primary N) is 1. The smallest absolute Gasteiger partial charge is 0.0435 e. The maximum atomic E-state index is 6.68. The fourth-order valence-electron chi connectivity index (χ4n) is 3.14. The molecule has 1 aromatic rings. The number of hydrogen-bond acceptors (Lipinski definition) is 1. The van der Waals surface area contributed by atoms with Gasteiger partial charge >= 0.3 is 0 Å². The van der Waals surface area contributed by atoms with E-state index in [1.54, 1.807) is 0 Å².